The lowest BCUT2D eigenvalue weighted by Crippen LogP contribution is -2.55. The van der Waals surface area contributed by atoms with Crippen LogP contribution in [-0.2, 0) is 14.8 Å². The zero-order valence-electron chi connectivity index (χ0n) is 16.4. The third-order valence-corrected chi connectivity index (χ3v) is 8.51. The van der Waals surface area contributed by atoms with Crippen LogP contribution in [0.15, 0.2) is 30.5 Å². The van der Waals surface area contributed by atoms with Crippen molar-refractivity contribution in [1.29, 1.82) is 5.26 Å². The average Bonchev–Trinajstić information content (AvgIpc) is 3.39. The molecule has 2 unspecified atom stereocenters. The van der Waals surface area contributed by atoms with Gasteiger partial charge in [0.05, 0.1) is 28.1 Å². The number of fused-ring (bicyclic) bond motifs is 6. The van der Waals surface area contributed by atoms with Crippen LogP contribution in [0.3, 0.4) is 0 Å². The van der Waals surface area contributed by atoms with Crippen molar-refractivity contribution >= 4 is 38.6 Å². The highest BCUT2D eigenvalue weighted by Crippen LogP contribution is 2.44. The summed E-state index contributed by atoms with van der Waals surface area (Å²) in [5, 5.41) is 9.28. The van der Waals surface area contributed by atoms with Crippen LogP contribution in [0.1, 0.15) is 25.8 Å². The Morgan fingerprint density at radius 3 is 2.70 bits per heavy atom. The summed E-state index contributed by atoms with van der Waals surface area (Å²) in [6, 6.07) is 6.43. The Labute approximate surface area is 173 Å². The SMILES string of the molecule is CC(C)S(=O)(=O)N1CC2CC1[C@@H]1C(=O)N(c3ccc(C#N)c4ncccc34)C(=O)N21. The first-order valence-electron chi connectivity index (χ1n) is 9.72. The lowest BCUT2D eigenvalue weighted by atomic mass is 10.1. The number of hydrogen-bond donors (Lipinski definition) is 0. The molecule has 0 aliphatic carbocycles. The van der Waals surface area contributed by atoms with Gasteiger partial charge in [-0.1, -0.05) is 0 Å². The van der Waals surface area contributed by atoms with E-state index in [0.29, 0.717) is 28.6 Å². The number of nitriles is 1. The van der Waals surface area contributed by atoms with Crippen LogP contribution in [-0.4, -0.2) is 64.5 Å². The maximum Gasteiger partial charge on any atom is 0.332 e. The van der Waals surface area contributed by atoms with Crippen molar-refractivity contribution in [3.8, 4) is 6.07 Å². The molecule has 5 rings (SSSR count). The van der Waals surface area contributed by atoms with Gasteiger partial charge in [-0.3, -0.25) is 9.78 Å². The number of amides is 3. The summed E-state index contributed by atoms with van der Waals surface area (Å²) < 4.78 is 26.9. The number of anilines is 1. The van der Waals surface area contributed by atoms with E-state index in [-0.39, 0.29) is 12.6 Å². The highest BCUT2D eigenvalue weighted by molar-refractivity contribution is 7.89. The van der Waals surface area contributed by atoms with Crippen molar-refractivity contribution in [3.63, 3.8) is 0 Å². The smallest absolute Gasteiger partial charge is 0.306 e. The van der Waals surface area contributed by atoms with Crippen molar-refractivity contribution in [2.45, 2.75) is 43.6 Å². The topological polar surface area (TPSA) is 115 Å². The minimum absolute atomic E-state index is 0.213. The van der Waals surface area contributed by atoms with E-state index in [1.165, 1.54) is 9.21 Å². The number of aromatic nitrogens is 1. The highest BCUT2D eigenvalue weighted by Gasteiger charge is 2.64. The lowest BCUT2D eigenvalue weighted by molar-refractivity contribution is -0.120. The summed E-state index contributed by atoms with van der Waals surface area (Å²) in [5.41, 5.74) is 1.12. The second kappa shape index (κ2) is 6.23. The normalized spacial score (nSPS) is 26.1. The molecule has 0 spiro atoms. The molecule has 3 aliphatic rings. The largest absolute Gasteiger partial charge is 0.332 e. The third kappa shape index (κ3) is 2.30. The predicted molar refractivity (Wildman–Crippen MR) is 108 cm³/mol. The summed E-state index contributed by atoms with van der Waals surface area (Å²) in [7, 11) is -3.53. The van der Waals surface area contributed by atoms with Gasteiger partial charge in [0, 0.05) is 24.2 Å². The standard InChI is InChI=1S/C20H19N5O4S/c1-11(2)30(28,29)23-10-13-8-16(23)18-19(26)25(20(27)24(13)18)15-6-5-12(9-21)17-14(15)4-3-7-22-17/h3-7,11,13,16,18H,8,10H2,1-2H3/t13?,16?,18-/m1/s1. The number of pyridine rings is 1. The van der Waals surface area contributed by atoms with Crippen LogP contribution < -0.4 is 4.90 Å². The molecule has 0 saturated carbocycles. The number of hydrogen-bond acceptors (Lipinski definition) is 6. The van der Waals surface area contributed by atoms with E-state index >= 15 is 0 Å². The van der Waals surface area contributed by atoms with Gasteiger partial charge in [-0.15, -0.1) is 0 Å². The number of sulfonamides is 1. The van der Waals surface area contributed by atoms with Gasteiger partial charge in [0.2, 0.25) is 10.0 Å². The molecule has 3 amide bonds. The monoisotopic (exact) mass is 425 g/mol. The lowest BCUT2D eigenvalue weighted by Gasteiger charge is -2.34. The van der Waals surface area contributed by atoms with E-state index in [2.05, 4.69) is 11.1 Å². The Hall–Kier alpha value is -3.03. The van der Waals surface area contributed by atoms with Gasteiger partial charge < -0.3 is 4.90 Å². The molecule has 0 N–H and O–H groups in total. The molecule has 10 heteroatoms. The summed E-state index contributed by atoms with van der Waals surface area (Å²) in [5.74, 6) is -0.439. The number of carbonyl (C=O) groups excluding carboxylic acids is 2. The van der Waals surface area contributed by atoms with Crippen LogP contribution in [0.25, 0.3) is 10.9 Å². The van der Waals surface area contributed by atoms with E-state index in [4.69, 9.17) is 0 Å². The summed E-state index contributed by atoms with van der Waals surface area (Å²) in [6.45, 7) is 3.44. The van der Waals surface area contributed by atoms with Crippen LogP contribution in [0, 0.1) is 11.3 Å². The maximum absolute atomic E-state index is 13.4. The van der Waals surface area contributed by atoms with Gasteiger partial charge in [0.1, 0.15) is 12.1 Å². The number of rotatable bonds is 3. The Morgan fingerprint density at radius 1 is 1.23 bits per heavy atom. The van der Waals surface area contributed by atoms with Crippen molar-refractivity contribution < 1.29 is 18.0 Å². The predicted octanol–water partition coefficient (Wildman–Crippen LogP) is 1.44. The van der Waals surface area contributed by atoms with E-state index in [1.807, 2.05) is 0 Å². The Morgan fingerprint density at radius 2 is 2.00 bits per heavy atom. The molecule has 1 aromatic heterocycles. The van der Waals surface area contributed by atoms with Crippen LogP contribution in [0.5, 0.6) is 0 Å². The number of benzene rings is 1. The molecule has 2 bridgehead atoms. The summed E-state index contributed by atoms with van der Waals surface area (Å²) in [4.78, 5) is 33.5. The molecule has 2 aromatic rings. The first-order chi connectivity index (χ1) is 14.3. The molecular formula is C20H19N5O4S. The molecule has 0 radical (unpaired) electrons. The second-order valence-electron chi connectivity index (χ2n) is 8.07. The fourth-order valence-corrected chi connectivity index (χ4v) is 6.34. The molecule has 3 saturated heterocycles. The molecule has 3 aliphatic heterocycles. The first kappa shape index (κ1) is 19.0. The molecule has 4 heterocycles. The van der Waals surface area contributed by atoms with E-state index in [1.54, 1.807) is 44.3 Å². The minimum Gasteiger partial charge on any atom is -0.306 e. The van der Waals surface area contributed by atoms with Gasteiger partial charge in [0.15, 0.2) is 0 Å². The quantitative estimate of drug-likeness (QED) is 0.688. The summed E-state index contributed by atoms with van der Waals surface area (Å²) >= 11 is 0. The average molecular weight is 425 g/mol. The Kier molecular flexibility index (Phi) is 3.94. The van der Waals surface area contributed by atoms with Gasteiger partial charge >= 0.3 is 6.03 Å². The fourth-order valence-electron chi connectivity index (χ4n) is 4.84. The number of imide groups is 1. The van der Waals surface area contributed by atoms with E-state index in [0.717, 1.165) is 4.90 Å². The zero-order chi connectivity index (χ0) is 21.4. The Bertz CT molecular complexity index is 1250. The molecule has 30 heavy (non-hydrogen) atoms. The van der Waals surface area contributed by atoms with Crippen molar-refractivity contribution in [3.05, 3.63) is 36.0 Å². The number of urea groups is 1. The van der Waals surface area contributed by atoms with Gasteiger partial charge in [0.25, 0.3) is 5.91 Å². The van der Waals surface area contributed by atoms with E-state index in [9.17, 15) is 23.3 Å². The molecule has 3 fully saturated rings. The second-order valence-corrected chi connectivity index (χ2v) is 10.5. The number of piperazine rings is 1. The van der Waals surface area contributed by atoms with Crippen LogP contribution in [0.2, 0.25) is 0 Å². The maximum atomic E-state index is 13.4. The molecular weight excluding hydrogens is 406 g/mol. The van der Waals surface area contributed by atoms with E-state index < -0.39 is 39.3 Å². The summed E-state index contributed by atoms with van der Waals surface area (Å²) in [6.07, 6.45) is 2.02. The molecule has 9 nitrogen and oxygen atoms in total. The zero-order valence-corrected chi connectivity index (χ0v) is 17.2. The number of carbonyl (C=O) groups is 2. The molecule has 3 atom stereocenters. The number of nitrogens with zero attached hydrogens (tertiary/aromatic N) is 5. The Balaban J connectivity index is 1.58. The highest BCUT2D eigenvalue weighted by atomic mass is 32.2. The van der Waals surface area contributed by atoms with Crippen molar-refractivity contribution in [2.24, 2.45) is 0 Å². The molecule has 154 valence electrons. The van der Waals surface area contributed by atoms with Crippen molar-refractivity contribution in [1.82, 2.24) is 14.2 Å². The fraction of sp³-hybridized carbons (Fsp3) is 0.400. The van der Waals surface area contributed by atoms with Crippen molar-refractivity contribution in [2.75, 3.05) is 11.4 Å². The third-order valence-electron chi connectivity index (χ3n) is 6.25. The van der Waals surface area contributed by atoms with Gasteiger partial charge in [-0.05, 0) is 44.5 Å². The van der Waals surface area contributed by atoms with Crippen LogP contribution in [0.4, 0.5) is 10.5 Å². The minimum atomic E-state index is -3.53. The van der Waals surface area contributed by atoms with Crippen LogP contribution >= 0.6 is 0 Å². The molecule has 1 aromatic carbocycles. The van der Waals surface area contributed by atoms with Gasteiger partial charge in [-0.2, -0.15) is 9.57 Å². The van der Waals surface area contributed by atoms with Gasteiger partial charge in [-0.25, -0.2) is 18.1 Å². The first-order valence-corrected chi connectivity index (χ1v) is 11.2.